The van der Waals surface area contributed by atoms with Gasteiger partial charge in [0.2, 0.25) is 5.91 Å². The lowest BCUT2D eigenvalue weighted by Crippen LogP contribution is -2.27. The first-order valence-corrected chi connectivity index (χ1v) is 8.34. The van der Waals surface area contributed by atoms with Crippen LogP contribution in [0.15, 0.2) is 48.8 Å². The number of carbonyl (C=O) groups excluding carboxylic acids is 1. The molecule has 0 radical (unpaired) electrons. The van der Waals surface area contributed by atoms with Crippen molar-refractivity contribution in [2.45, 2.75) is 25.3 Å². The van der Waals surface area contributed by atoms with Crippen LogP contribution in [0.4, 0.5) is 5.69 Å². The van der Waals surface area contributed by atoms with Crippen LogP contribution in [-0.2, 0) is 4.79 Å². The van der Waals surface area contributed by atoms with Crippen LogP contribution in [0.3, 0.4) is 0 Å². The molecule has 126 valence electrons. The molecule has 0 unspecified atom stereocenters. The molecule has 1 saturated heterocycles. The molecule has 2 heterocycles. The summed E-state index contributed by atoms with van der Waals surface area (Å²) in [6.07, 6.45) is 6.48. The van der Waals surface area contributed by atoms with Gasteiger partial charge in [-0.25, -0.2) is 0 Å². The van der Waals surface area contributed by atoms with E-state index in [0.717, 1.165) is 30.9 Å². The first-order chi connectivity index (χ1) is 11.8. The second-order valence-electron chi connectivity index (χ2n) is 6.00. The zero-order valence-corrected chi connectivity index (χ0v) is 13.9. The predicted octanol–water partition coefficient (Wildman–Crippen LogP) is 3.26. The summed E-state index contributed by atoms with van der Waals surface area (Å²) in [7, 11) is 1.63. The maximum atomic E-state index is 12.2. The van der Waals surface area contributed by atoms with Crippen molar-refractivity contribution < 1.29 is 9.53 Å². The minimum atomic E-state index is 0.0422. The minimum absolute atomic E-state index is 0.0422. The number of pyridine rings is 1. The molecule has 3 rings (SSSR count). The summed E-state index contributed by atoms with van der Waals surface area (Å²) in [6.45, 7) is 1.82. The SMILES string of the molecule is COc1ccc(NC(=O)CCN2CCC[C@H]2c2ccncc2)cc1. The van der Waals surface area contributed by atoms with Crippen molar-refractivity contribution >= 4 is 11.6 Å². The smallest absolute Gasteiger partial charge is 0.225 e. The van der Waals surface area contributed by atoms with E-state index in [2.05, 4.69) is 27.3 Å². The molecule has 1 atom stereocenters. The number of aromatic nitrogens is 1. The number of hydrogen-bond acceptors (Lipinski definition) is 4. The minimum Gasteiger partial charge on any atom is -0.497 e. The number of nitrogens with zero attached hydrogens (tertiary/aromatic N) is 2. The fourth-order valence-electron chi connectivity index (χ4n) is 3.20. The van der Waals surface area contributed by atoms with Gasteiger partial charge in [0.15, 0.2) is 0 Å². The normalized spacial score (nSPS) is 17.6. The molecule has 1 aliphatic rings. The van der Waals surface area contributed by atoms with Crippen molar-refractivity contribution in [2.75, 3.05) is 25.5 Å². The van der Waals surface area contributed by atoms with Crippen LogP contribution >= 0.6 is 0 Å². The second kappa shape index (κ2) is 7.93. The van der Waals surface area contributed by atoms with E-state index in [4.69, 9.17) is 4.74 Å². The van der Waals surface area contributed by atoms with Gasteiger partial charge in [0.05, 0.1) is 7.11 Å². The molecule has 1 aromatic carbocycles. The monoisotopic (exact) mass is 325 g/mol. The van der Waals surface area contributed by atoms with E-state index in [9.17, 15) is 4.79 Å². The number of carbonyl (C=O) groups is 1. The average Bonchev–Trinajstić information content (AvgIpc) is 3.10. The largest absolute Gasteiger partial charge is 0.497 e. The molecular formula is C19H23N3O2. The highest BCUT2D eigenvalue weighted by Crippen LogP contribution is 2.31. The summed E-state index contributed by atoms with van der Waals surface area (Å²) >= 11 is 0. The molecule has 2 aromatic rings. The van der Waals surface area contributed by atoms with Crippen molar-refractivity contribution in [1.29, 1.82) is 0 Å². The molecule has 24 heavy (non-hydrogen) atoms. The lowest BCUT2D eigenvalue weighted by Gasteiger charge is -2.24. The van der Waals surface area contributed by atoms with Crippen molar-refractivity contribution in [3.8, 4) is 5.75 Å². The van der Waals surface area contributed by atoms with Gasteiger partial charge in [0.25, 0.3) is 0 Å². The van der Waals surface area contributed by atoms with Crippen LogP contribution in [0.25, 0.3) is 0 Å². The third-order valence-corrected chi connectivity index (χ3v) is 4.45. The Morgan fingerprint density at radius 1 is 1.25 bits per heavy atom. The van der Waals surface area contributed by atoms with E-state index in [-0.39, 0.29) is 5.91 Å². The summed E-state index contributed by atoms with van der Waals surface area (Å²) in [5, 5.41) is 2.94. The summed E-state index contributed by atoms with van der Waals surface area (Å²) in [6, 6.07) is 11.9. The van der Waals surface area contributed by atoms with E-state index in [1.807, 2.05) is 36.7 Å². The quantitative estimate of drug-likeness (QED) is 0.886. The van der Waals surface area contributed by atoms with Crippen molar-refractivity contribution in [3.05, 3.63) is 54.4 Å². The highest BCUT2D eigenvalue weighted by Gasteiger charge is 2.25. The number of methoxy groups -OCH3 is 1. The van der Waals surface area contributed by atoms with Crippen LogP contribution in [-0.4, -0.2) is 36.0 Å². The number of likely N-dealkylation sites (tertiary alicyclic amines) is 1. The molecule has 0 saturated carbocycles. The van der Waals surface area contributed by atoms with Crippen molar-refractivity contribution in [3.63, 3.8) is 0 Å². The number of rotatable bonds is 6. The third kappa shape index (κ3) is 4.11. The Labute approximate surface area is 142 Å². The first kappa shape index (κ1) is 16.5. The third-order valence-electron chi connectivity index (χ3n) is 4.45. The molecule has 1 N–H and O–H groups in total. The van der Waals surface area contributed by atoms with Gasteiger partial charge in [-0.3, -0.25) is 14.7 Å². The number of benzene rings is 1. The zero-order chi connectivity index (χ0) is 16.8. The van der Waals surface area contributed by atoms with Crippen molar-refractivity contribution in [1.82, 2.24) is 9.88 Å². The predicted molar refractivity (Wildman–Crippen MR) is 94.0 cm³/mol. The highest BCUT2D eigenvalue weighted by molar-refractivity contribution is 5.90. The number of nitrogens with one attached hydrogen (secondary N) is 1. The summed E-state index contributed by atoms with van der Waals surface area (Å²) in [5.41, 5.74) is 2.09. The van der Waals surface area contributed by atoms with Gasteiger partial charge >= 0.3 is 0 Å². The Hall–Kier alpha value is -2.40. The molecule has 0 bridgehead atoms. The standard InChI is InChI=1S/C19H23N3O2/c1-24-17-6-4-16(5-7-17)21-19(23)10-14-22-13-2-3-18(22)15-8-11-20-12-9-15/h4-9,11-12,18H,2-3,10,13-14H2,1H3,(H,21,23)/t18-/m0/s1. The number of anilines is 1. The van der Waals surface area contributed by atoms with Gasteiger partial charge in [-0.1, -0.05) is 0 Å². The van der Waals surface area contributed by atoms with Gasteiger partial charge in [-0.2, -0.15) is 0 Å². The Bertz CT molecular complexity index is 658. The molecular weight excluding hydrogens is 302 g/mol. The van der Waals surface area contributed by atoms with E-state index >= 15 is 0 Å². The van der Waals surface area contributed by atoms with Gasteiger partial charge in [0.1, 0.15) is 5.75 Å². The zero-order valence-electron chi connectivity index (χ0n) is 13.9. The first-order valence-electron chi connectivity index (χ1n) is 8.34. The van der Waals surface area contributed by atoms with Crippen LogP contribution in [0.5, 0.6) is 5.75 Å². The molecule has 1 fully saturated rings. The van der Waals surface area contributed by atoms with Crippen molar-refractivity contribution in [2.24, 2.45) is 0 Å². The molecule has 1 aliphatic heterocycles. The Balaban J connectivity index is 1.51. The number of ether oxygens (including phenoxy) is 1. The topological polar surface area (TPSA) is 54.5 Å². The van der Waals surface area contributed by atoms with E-state index in [0.29, 0.717) is 12.5 Å². The lowest BCUT2D eigenvalue weighted by molar-refractivity contribution is -0.116. The molecule has 0 aliphatic carbocycles. The summed E-state index contributed by atoms with van der Waals surface area (Å²) < 4.78 is 5.12. The Morgan fingerprint density at radius 3 is 2.71 bits per heavy atom. The van der Waals surface area contributed by atoms with Crippen LogP contribution < -0.4 is 10.1 Å². The van der Waals surface area contributed by atoms with Gasteiger partial charge in [-0.15, -0.1) is 0 Å². The molecule has 1 aromatic heterocycles. The maximum Gasteiger partial charge on any atom is 0.225 e. The summed E-state index contributed by atoms with van der Waals surface area (Å²) in [4.78, 5) is 18.7. The number of hydrogen-bond donors (Lipinski definition) is 1. The van der Waals surface area contributed by atoms with Gasteiger partial charge < -0.3 is 10.1 Å². The van der Waals surface area contributed by atoms with Crippen LogP contribution in [0.2, 0.25) is 0 Å². The van der Waals surface area contributed by atoms with E-state index < -0.39 is 0 Å². The molecule has 1 amide bonds. The Kier molecular flexibility index (Phi) is 5.43. The molecule has 0 spiro atoms. The fraction of sp³-hybridized carbons (Fsp3) is 0.368. The van der Waals surface area contributed by atoms with Gasteiger partial charge in [-0.05, 0) is 61.3 Å². The van der Waals surface area contributed by atoms with Crippen LogP contribution in [0.1, 0.15) is 30.9 Å². The second-order valence-corrected chi connectivity index (χ2v) is 6.00. The number of amides is 1. The lowest BCUT2D eigenvalue weighted by atomic mass is 10.1. The summed E-state index contributed by atoms with van der Waals surface area (Å²) in [5.74, 6) is 0.825. The van der Waals surface area contributed by atoms with E-state index in [1.165, 1.54) is 12.0 Å². The molecule has 5 nitrogen and oxygen atoms in total. The van der Waals surface area contributed by atoms with E-state index in [1.54, 1.807) is 7.11 Å². The highest BCUT2D eigenvalue weighted by atomic mass is 16.5. The average molecular weight is 325 g/mol. The van der Waals surface area contributed by atoms with Crippen LogP contribution in [0, 0.1) is 0 Å². The Morgan fingerprint density at radius 2 is 2.00 bits per heavy atom. The van der Waals surface area contributed by atoms with Gasteiger partial charge in [0, 0.05) is 37.1 Å². The maximum absolute atomic E-state index is 12.2. The molecule has 5 heteroatoms. The fourth-order valence-corrected chi connectivity index (χ4v) is 3.20.